The van der Waals surface area contributed by atoms with Crippen molar-refractivity contribution in [3.05, 3.63) is 48.3 Å². The predicted octanol–water partition coefficient (Wildman–Crippen LogP) is 3.79. The third kappa shape index (κ3) is 5.05. The summed E-state index contributed by atoms with van der Waals surface area (Å²) in [7, 11) is 2.74. The highest BCUT2D eigenvalue weighted by atomic mass is 16.5. The van der Waals surface area contributed by atoms with Crippen LogP contribution in [-0.4, -0.2) is 30.4 Å². The fourth-order valence-electron chi connectivity index (χ4n) is 3.20. The largest absolute Gasteiger partial charge is 0.496 e. The summed E-state index contributed by atoms with van der Waals surface area (Å²) in [6.07, 6.45) is 10.4. The topological polar surface area (TPSA) is 54.4 Å². The van der Waals surface area contributed by atoms with Crippen LogP contribution in [0.2, 0.25) is 0 Å². The van der Waals surface area contributed by atoms with Crippen LogP contribution in [0.15, 0.2) is 42.7 Å². The van der Waals surface area contributed by atoms with Gasteiger partial charge in [0.1, 0.15) is 5.75 Å². The predicted molar refractivity (Wildman–Crippen MR) is 98.1 cm³/mol. The molecular formula is C20H28N2O2. The highest BCUT2D eigenvalue weighted by molar-refractivity contribution is 5.65. The zero-order chi connectivity index (χ0) is 17.2. The van der Waals surface area contributed by atoms with Crippen LogP contribution < -0.4 is 10.1 Å². The number of nitrogens with one attached hydrogen (secondary N) is 1. The summed E-state index contributed by atoms with van der Waals surface area (Å²) in [5.41, 5.74) is 3.63. The van der Waals surface area contributed by atoms with Crippen molar-refractivity contribution >= 4 is 0 Å². The molecule has 2 N–H and O–H groups in total. The normalized spacial score (nSPS) is 14.6. The number of aromatic nitrogens is 1. The average Bonchev–Trinajstić information content (AvgIpc) is 2.69. The molecule has 4 heteroatoms. The van der Waals surface area contributed by atoms with Gasteiger partial charge >= 0.3 is 0 Å². The Hall–Kier alpha value is -1.91. The molecule has 0 amide bonds. The summed E-state index contributed by atoms with van der Waals surface area (Å²) in [4.78, 5) is 4.09. The minimum Gasteiger partial charge on any atom is -0.496 e. The smallest absolute Gasteiger partial charge is 0.123 e. The quantitative estimate of drug-likeness (QED) is 0.877. The minimum absolute atomic E-state index is 0.656. The van der Waals surface area contributed by atoms with Gasteiger partial charge in [-0.3, -0.25) is 4.98 Å². The van der Waals surface area contributed by atoms with Gasteiger partial charge < -0.3 is 15.2 Å². The fourth-order valence-corrected chi connectivity index (χ4v) is 3.20. The second-order valence-electron chi connectivity index (χ2n) is 5.98. The van der Waals surface area contributed by atoms with Crippen molar-refractivity contribution in [2.45, 2.75) is 44.7 Å². The van der Waals surface area contributed by atoms with E-state index in [4.69, 9.17) is 9.84 Å². The molecule has 2 aromatic rings. The molecule has 3 rings (SSSR count). The van der Waals surface area contributed by atoms with Crippen molar-refractivity contribution < 1.29 is 9.84 Å². The fraction of sp³-hybridized carbons (Fsp3) is 0.450. The highest BCUT2D eigenvalue weighted by Crippen LogP contribution is 2.27. The molecule has 1 aromatic heterocycles. The molecule has 1 aromatic carbocycles. The lowest BCUT2D eigenvalue weighted by Gasteiger charge is -2.23. The summed E-state index contributed by atoms with van der Waals surface area (Å²) in [6.45, 7) is 0.868. The lowest BCUT2D eigenvalue weighted by molar-refractivity contribution is 0.365. The van der Waals surface area contributed by atoms with E-state index in [1.807, 2.05) is 24.5 Å². The molecular weight excluding hydrogens is 300 g/mol. The van der Waals surface area contributed by atoms with E-state index in [0.29, 0.717) is 6.04 Å². The molecule has 0 atom stereocenters. The lowest BCUT2D eigenvalue weighted by atomic mass is 9.95. The second kappa shape index (κ2) is 10.1. The number of hydrogen-bond donors (Lipinski definition) is 2. The molecule has 130 valence electrons. The van der Waals surface area contributed by atoms with Gasteiger partial charge in [0.15, 0.2) is 0 Å². The number of benzene rings is 1. The number of aliphatic hydroxyl groups is 1. The maximum Gasteiger partial charge on any atom is 0.123 e. The Morgan fingerprint density at radius 1 is 1.04 bits per heavy atom. The second-order valence-corrected chi connectivity index (χ2v) is 5.98. The van der Waals surface area contributed by atoms with Crippen LogP contribution in [0.5, 0.6) is 5.75 Å². The van der Waals surface area contributed by atoms with Gasteiger partial charge in [-0.05, 0) is 48.2 Å². The molecule has 1 aliphatic carbocycles. The number of hydrogen-bond acceptors (Lipinski definition) is 4. The first-order valence-corrected chi connectivity index (χ1v) is 8.62. The van der Waals surface area contributed by atoms with Crippen molar-refractivity contribution in [2.24, 2.45) is 0 Å². The Morgan fingerprint density at radius 2 is 1.75 bits per heavy atom. The maximum absolute atomic E-state index is 7.00. The van der Waals surface area contributed by atoms with E-state index < -0.39 is 0 Å². The van der Waals surface area contributed by atoms with Crippen LogP contribution in [0.1, 0.15) is 37.7 Å². The maximum atomic E-state index is 7.00. The third-order valence-corrected chi connectivity index (χ3v) is 4.48. The van der Waals surface area contributed by atoms with Gasteiger partial charge in [0.25, 0.3) is 0 Å². The van der Waals surface area contributed by atoms with E-state index in [9.17, 15) is 0 Å². The van der Waals surface area contributed by atoms with Crippen LogP contribution >= 0.6 is 0 Å². The molecule has 0 spiro atoms. The monoisotopic (exact) mass is 328 g/mol. The van der Waals surface area contributed by atoms with Crippen LogP contribution in [0.3, 0.4) is 0 Å². The van der Waals surface area contributed by atoms with Gasteiger partial charge in [-0.2, -0.15) is 0 Å². The van der Waals surface area contributed by atoms with Crippen molar-refractivity contribution in [2.75, 3.05) is 14.2 Å². The highest BCUT2D eigenvalue weighted by Gasteiger charge is 2.14. The molecule has 0 saturated heterocycles. The van der Waals surface area contributed by atoms with E-state index in [-0.39, 0.29) is 0 Å². The molecule has 0 bridgehead atoms. The van der Waals surface area contributed by atoms with Crippen LogP contribution in [0, 0.1) is 0 Å². The van der Waals surface area contributed by atoms with E-state index in [2.05, 4.69) is 28.5 Å². The first kappa shape index (κ1) is 18.4. The third-order valence-electron chi connectivity index (χ3n) is 4.48. The van der Waals surface area contributed by atoms with E-state index in [1.54, 1.807) is 7.11 Å². The Bertz CT molecular complexity index is 596. The molecule has 0 unspecified atom stereocenters. The molecule has 0 aliphatic heterocycles. The Kier molecular flexibility index (Phi) is 7.72. The molecule has 4 nitrogen and oxygen atoms in total. The number of methoxy groups -OCH3 is 1. The number of ether oxygens (including phenoxy) is 1. The van der Waals surface area contributed by atoms with Gasteiger partial charge in [0.05, 0.1) is 7.11 Å². The molecule has 24 heavy (non-hydrogen) atoms. The molecule has 1 aliphatic rings. The SMILES string of the molecule is CO.COc1ccc(-c2ccncc2)cc1CNC1CCCCC1. The zero-order valence-electron chi connectivity index (χ0n) is 14.7. The van der Waals surface area contributed by atoms with Crippen molar-refractivity contribution in [3.8, 4) is 16.9 Å². The van der Waals surface area contributed by atoms with E-state index in [0.717, 1.165) is 19.4 Å². The van der Waals surface area contributed by atoms with Crippen LogP contribution in [0.4, 0.5) is 0 Å². The van der Waals surface area contributed by atoms with Crippen molar-refractivity contribution in [3.63, 3.8) is 0 Å². The first-order valence-electron chi connectivity index (χ1n) is 8.62. The summed E-state index contributed by atoms with van der Waals surface area (Å²) >= 11 is 0. The van der Waals surface area contributed by atoms with Crippen LogP contribution in [0.25, 0.3) is 11.1 Å². The van der Waals surface area contributed by atoms with Gasteiger partial charge in [-0.15, -0.1) is 0 Å². The standard InChI is InChI=1S/C19H24N2O.CH4O/c1-22-19-8-7-16(15-9-11-20-12-10-15)13-17(19)14-21-18-5-3-2-4-6-18;1-2/h7-13,18,21H,2-6,14H2,1H3;2H,1H3. The lowest BCUT2D eigenvalue weighted by Crippen LogP contribution is -2.30. The molecule has 1 saturated carbocycles. The molecule has 1 heterocycles. The number of nitrogens with zero attached hydrogens (tertiary/aromatic N) is 1. The summed E-state index contributed by atoms with van der Waals surface area (Å²) in [6, 6.07) is 11.1. The van der Waals surface area contributed by atoms with Crippen molar-refractivity contribution in [1.82, 2.24) is 10.3 Å². The first-order chi connectivity index (χ1) is 11.9. The minimum atomic E-state index is 0.656. The Morgan fingerprint density at radius 3 is 2.42 bits per heavy atom. The van der Waals surface area contributed by atoms with Gasteiger partial charge in [-0.1, -0.05) is 25.3 Å². The number of aliphatic hydroxyl groups excluding tert-OH is 1. The zero-order valence-corrected chi connectivity index (χ0v) is 14.7. The summed E-state index contributed by atoms with van der Waals surface area (Å²) < 4.78 is 5.52. The van der Waals surface area contributed by atoms with Gasteiger partial charge in [-0.25, -0.2) is 0 Å². The van der Waals surface area contributed by atoms with E-state index >= 15 is 0 Å². The average molecular weight is 328 g/mol. The van der Waals surface area contributed by atoms with Crippen molar-refractivity contribution in [1.29, 1.82) is 0 Å². The molecule has 1 fully saturated rings. The number of pyridine rings is 1. The Labute approximate surface area is 144 Å². The molecule has 0 radical (unpaired) electrons. The van der Waals surface area contributed by atoms with Gasteiger partial charge in [0, 0.05) is 37.7 Å². The van der Waals surface area contributed by atoms with E-state index in [1.165, 1.54) is 48.8 Å². The van der Waals surface area contributed by atoms with Crippen LogP contribution in [-0.2, 0) is 6.54 Å². The summed E-state index contributed by atoms with van der Waals surface area (Å²) in [5.74, 6) is 0.959. The Balaban J connectivity index is 0.00000100. The van der Waals surface area contributed by atoms with Gasteiger partial charge in [0.2, 0.25) is 0 Å². The summed E-state index contributed by atoms with van der Waals surface area (Å²) in [5, 5.41) is 10.7. The number of rotatable bonds is 5.